The van der Waals surface area contributed by atoms with Crippen molar-refractivity contribution in [1.82, 2.24) is 10.1 Å². The zero-order chi connectivity index (χ0) is 11.7. The summed E-state index contributed by atoms with van der Waals surface area (Å²) in [7, 11) is 0. The molecule has 1 aliphatic carbocycles. The van der Waals surface area contributed by atoms with Crippen LogP contribution in [0, 0.1) is 0 Å². The van der Waals surface area contributed by atoms with E-state index in [0.29, 0.717) is 12.0 Å². The van der Waals surface area contributed by atoms with Gasteiger partial charge in [0.2, 0.25) is 5.89 Å². The molecule has 1 aromatic heterocycles. The molecule has 0 aromatic carbocycles. The second-order valence-corrected chi connectivity index (χ2v) is 5.25. The Morgan fingerprint density at radius 2 is 2.00 bits per heavy atom. The molecule has 3 rings (SSSR count). The largest absolute Gasteiger partial charge is 0.338 e. The predicted molar refractivity (Wildman–Crippen MR) is 64.9 cm³/mol. The molecule has 94 valence electrons. The second-order valence-electron chi connectivity index (χ2n) is 5.25. The highest BCUT2D eigenvalue weighted by molar-refractivity contribution is 5.29. The Hall–Kier alpha value is -1.10. The van der Waals surface area contributed by atoms with Crippen LogP contribution in [-0.2, 0) is 0 Å². The van der Waals surface area contributed by atoms with Crippen molar-refractivity contribution < 1.29 is 4.52 Å². The van der Waals surface area contributed by atoms with E-state index in [1.165, 1.54) is 19.3 Å². The Kier molecular flexibility index (Phi) is 3.01. The van der Waals surface area contributed by atoms with Crippen LogP contribution in [-0.4, -0.2) is 29.3 Å². The third-order valence-electron chi connectivity index (χ3n) is 3.88. The molecule has 17 heavy (non-hydrogen) atoms. The molecular formula is C12H20N4O. The topological polar surface area (TPSA) is 68.2 Å². The molecule has 1 aromatic rings. The summed E-state index contributed by atoms with van der Waals surface area (Å²) in [6.45, 7) is 2.12. The van der Waals surface area contributed by atoms with E-state index in [1.807, 2.05) is 0 Å². The van der Waals surface area contributed by atoms with Gasteiger partial charge in [-0.1, -0.05) is 6.42 Å². The zero-order valence-corrected chi connectivity index (χ0v) is 10.1. The van der Waals surface area contributed by atoms with E-state index in [1.54, 1.807) is 0 Å². The molecule has 0 radical (unpaired) electrons. The van der Waals surface area contributed by atoms with Crippen LogP contribution in [0.1, 0.15) is 50.3 Å². The molecule has 2 N–H and O–H groups in total. The molecule has 0 bridgehead atoms. The monoisotopic (exact) mass is 236 g/mol. The van der Waals surface area contributed by atoms with Crippen molar-refractivity contribution >= 4 is 5.95 Å². The molecule has 2 heterocycles. The molecule has 0 spiro atoms. The van der Waals surface area contributed by atoms with Crippen LogP contribution >= 0.6 is 0 Å². The summed E-state index contributed by atoms with van der Waals surface area (Å²) in [6, 6.07) is 0.302. The van der Waals surface area contributed by atoms with E-state index >= 15 is 0 Å². The quantitative estimate of drug-likeness (QED) is 0.845. The van der Waals surface area contributed by atoms with Gasteiger partial charge in [0.1, 0.15) is 0 Å². The van der Waals surface area contributed by atoms with Gasteiger partial charge in [-0.2, -0.15) is 4.98 Å². The number of aromatic nitrogens is 2. The van der Waals surface area contributed by atoms with Crippen molar-refractivity contribution in [2.24, 2.45) is 5.73 Å². The molecule has 5 nitrogen and oxygen atoms in total. The molecule has 1 aliphatic heterocycles. The lowest BCUT2D eigenvalue weighted by Gasteiger charge is -2.23. The number of rotatable bonds is 2. The summed E-state index contributed by atoms with van der Waals surface area (Å²) in [5, 5.41) is 4.10. The van der Waals surface area contributed by atoms with Gasteiger partial charge in [-0.25, -0.2) is 0 Å². The van der Waals surface area contributed by atoms with Crippen molar-refractivity contribution in [3.8, 4) is 0 Å². The fourth-order valence-corrected chi connectivity index (χ4v) is 2.89. The Morgan fingerprint density at radius 3 is 2.76 bits per heavy atom. The van der Waals surface area contributed by atoms with Gasteiger partial charge in [0.25, 0.3) is 5.95 Å². The van der Waals surface area contributed by atoms with Crippen LogP contribution in [0.15, 0.2) is 4.52 Å². The Balaban J connectivity index is 1.70. The fourth-order valence-electron chi connectivity index (χ4n) is 2.89. The lowest BCUT2D eigenvalue weighted by atomic mass is 9.86. The summed E-state index contributed by atoms with van der Waals surface area (Å²) in [5.74, 6) is 1.95. The Labute approximate surface area is 101 Å². The van der Waals surface area contributed by atoms with Crippen LogP contribution in [0.5, 0.6) is 0 Å². The zero-order valence-electron chi connectivity index (χ0n) is 10.1. The minimum Gasteiger partial charge on any atom is -0.338 e. The molecule has 2 aliphatic rings. The minimum absolute atomic E-state index is 0.302. The molecular weight excluding hydrogens is 216 g/mol. The molecule has 2 unspecified atom stereocenters. The van der Waals surface area contributed by atoms with E-state index < -0.39 is 0 Å². The number of hydrogen-bond acceptors (Lipinski definition) is 5. The fraction of sp³-hybridized carbons (Fsp3) is 0.833. The number of nitrogens with two attached hydrogens (primary N) is 1. The Morgan fingerprint density at radius 1 is 1.18 bits per heavy atom. The number of nitrogens with zero attached hydrogens (tertiary/aromatic N) is 3. The van der Waals surface area contributed by atoms with Crippen molar-refractivity contribution in [1.29, 1.82) is 0 Å². The maximum Gasteiger partial charge on any atom is 0.266 e. The van der Waals surface area contributed by atoms with Crippen LogP contribution in [0.2, 0.25) is 0 Å². The summed E-state index contributed by atoms with van der Waals surface area (Å²) < 4.78 is 5.41. The summed E-state index contributed by atoms with van der Waals surface area (Å²) >= 11 is 0. The highest BCUT2D eigenvalue weighted by atomic mass is 16.5. The lowest BCUT2D eigenvalue weighted by Crippen LogP contribution is -2.27. The van der Waals surface area contributed by atoms with E-state index in [9.17, 15) is 0 Å². The third kappa shape index (κ3) is 2.29. The smallest absolute Gasteiger partial charge is 0.266 e. The van der Waals surface area contributed by atoms with Gasteiger partial charge in [-0.3, -0.25) is 0 Å². The second kappa shape index (κ2) is 4.64. The maximum atomic E-state index is 5.99. The van der Waals surface area contributed by atoms with Crippen molar-refractivity contribution in [3.63, 3.8) is 0 Å². The Bertz CT molecular complexity index is 372. The average Bonchev–Trinajstić information content (AvgIpc) is 3.00. The van der Waals surface area contributed by atoms with Gasteiger partial charge >= 0.3 is 0 Å². The van der Waals surface area contributed by atoms with Gasteiger partial charge in [-0.15, -0.1) is 0 Å². The van der Waals surface area contributed by atoms with Gasteiger partial charge in [-0.05, 0) is 37.3 Å². The summed E-state index contributed by atoms with van der Waals surface area (Å²) in [5.41, 5.74) is 5.99. The van der Waals surface area contributed by atoms with Crippen LogP contribution in [0.25, 0.3) is 0 Å². The molecule has 2 atom stereocenters. The van der Waals surface area contributed by atoms with Crippen LogP contribution in [0.4, 0.5) is 5.95 Å². The first-order valence-corrected chi connectivity index (χ1v) is 6.67. The SMILES string of the molecule is NC1CCCC(c2nc(N3CCCC3)no2)C1. The standard InChI is InChI=1S/C12H20N4O/c13-10-5-3-4-9(8-10)11-14-12(15-17-11)16-6-1-2-7-16/h9-10H,1-8,13H2. The summed E-state index contributed by atoms with van der Waals surface area (Å²) in [4.78, 5) is 6.75. The molecule has 0 amide bonds. The maximum absolute atomic E-state index is 5.99. The molecule has 2 fully saturated rings. The predicted octanol–water partition coefficient (Wildman–Crippen LogP) is 1.65. The first-order chi connectivity index (χ1) is 8.33. The van der Waals surface area contributed by atoms with Crippen LogP contribution < -0.4 is 10.6 Å². The molecule has 1 saturated heterocycles. The highest BCUT2D eigenvalue weighted by Crippen LogP contribution is 2.32. The van der Waals surface area contributed by atoms with Crippen molar-refractivity contribution in [2.75, 3.05) is 18.0 Å². The van der Waals surface area contributed by atoms with Gasteiger partial charge < -0.3 is 15.2 Å². The minimum atomic E-state index is 0.302. The van der Waals surface area contributed by atoms with Gasteiger partial charge in [0, 0.05) is 25.0 Å². The third-order valence-corrected chi connectivity index (χ3v) is 3.88. The lowest BCUT2D eigenvalue weighted by molar-refractivity contribution is 0.298. The first-order valence-electron chi connectivity index (χ1n) is 6.67. The van der Waals surface area contributed by atoms with Crippen molar-refractivity contribution in [2.45, 2.75) is 50.5 Å². The van der Waals surface area contributed by atoms with Gasteiger partial charge in [0.15, 0.2) is 0 Å². The van der Waals surface area contributed by atoms with Crippen molar-refractivity contribution in [3.05, 3.63) is 5.89 Å². The highest BCUT2D eigenvalue weighted by Gasteiger charge is 2.27. The van der Waals surface area contributed by atoms with E-state index in [-0.39, 0.29) is 0 Å². The van der Waals surface area contributed by atoms with E-state index in [4.69, 9.17) is 10.3 Å². The normalized spacial score (nSPS) is 29.8. The van der Waals surface area contributed by atoms with E-state index in [0.717, 1.165) is 44.2 Å². The van der Waals surface area contributed by atoms with E-state index in [2.05, 4.69) is 15.0 Å². The number of hydrogen-bond donors (Lipinski definition) is 1. The molecule has 1 saturated carbocycles. The average molecular weight is 236 g/mol. The van der Waals surface area contributed by atoms with Gasteiger partial charge in [0.05, 0.1) is 0 Å². The molecule has 5 heteroatoms. The number of anilines is 1. The van der Waals surface area contributed by atoms with Crippen LogP contribution in [0.3, 0.4) is 0 Å². The summed E-state index contributed by atoms with van der Waals surface area (Å²) in [6.07, 6.45) is 6.89. The first kappa shape index (κ1) is 11.0.